The summed E-state index contributed by atoms with van der Waals surface area (Å²) < 4.78 is 5.73. The first-order valence-corrected chi connectivity index (χ1v) is 10.0. The summed E-state index contributed by atoms with van der Waals surface area (Å²) in [6.45, 7) is 6.13. The minimum Gasteiger partial charge on any atom is -0.391 e. The van der Waals surface area contributed by atoms with Crippen LogP contribution in [0.15, 0.2) is 55.0 Å². The van der Waals surface area contributed by atoms with E-state index in [9.17, 15) is 9.59 Å². The van der Waals surface area contributed by atoms with Gasteiger partial charge in [0.05, 0.1) is 11.6 Å². The van der Waals surface area contributed by atoms with E-state index in [1.165, 1.54) is 11.1 Å². The maximum Gasteiger partial charge on any atom is 0.434 e. The molecule has 1 amide bonds. The zero-order chi connectivity index (χ0) is 21.7. The Balaban J connectivity index is 0.000000234. The standard InChI is InChI=1S/C13H17N3O2.C7H6BrNOS/c1-7-5-4-6-10(8(7)2)9(3)11(14)12-15-16-13(17)18-12;8-4-1-2-6(11)5(3-4)7(9)10/h4-6,9,11H,14H2,1-3H3,(H,16,17);1-3,11H,(H2,9,10). The first-order valence-electron chi connectivity index (χ1n) is 8.77. The molecule has 0 aliphatic rings. The summed E-state index contributed by atoms with van der Waals surface area (Å²) >= 11 is 7.29. The van der Waals surface area contributed by atoms with Crippen LogP contribution < -0.4 is 17.2 Å². The molecule has 0 spiro atoms. The number of H-pyrrole nitrogens is 1. The summed E-state index contributed by atoms with van der Waals surface area (Å²) in [5.74, 6) is -0.769. The molecule has 0 aliphatic heterocycles. The monoisotopic (exact) mass is 478 g/mol. The summed E-state index contributed by atoms with van der Waals surface area (Å²) in [4.78, 5) is 22.3. The van der Waals surface area contributed by atoms with Crippen LogP contribution in [0, 0.1) is 13.8 Å². The summed E-state index contributed by atoms with van der Waals surface area (Å²) in [5, 5.41) is 6.01. The fourth-order valence-corrected chi connectivity index (χ4v) is 3.37. The second-order valence-electron chi connectivity index (χ2n) is 6.58. The fourth-order valence-electron chi connectivity index (χ4n) is 2.76. The van der Waals surface area contributed by atoms with Crippen LogP contribution in [0.2, 0.25) is 0 Å². The lowest BCUT2D eigenvalue weighted by atomic mass is 9.89. The number of halogens is 1. The molecule has 0 saturated heterocycles. The third kappa shape index (κ3) is 5.81. The molecule has 0 fully saturated rings. The average Bonchev–Trinajstić information content (AvgIpc) is 3.11. The van der Waals surface area contributed by atoms with Crippen LogP contribution in [0.25, 0.3) is 0 Å². The molecule has 0 saturated carbocycles. The molecule has 7 nitrogen and oxygen atoms in total. The SMILES string of the molecule is Cc1cccc(C(C)C(N)c2n[nH]c(=O)o2)c1C.NC(=O)c1cc(Br)ccc1S. The largest absolute Gasteiger partial charge is 0.434 e. The Hall–Kier alpha value is -2.36. The first kappa shape index (κ1) is 22.9. The zero-order valence-corrected chi connectivity index (χ0v) is 18.8. The molecule has 3 rings (SSSR count). The van der Waals surface area contributed by atoms with Gasteiger partial charge in [0.25, 0.3) is 0 Å². The molecule has 5 N–H and O–H groups in total. The van der Waals surface area contributed by atoms with E-state index in [4.69, 9.17) is 15.9 Å². The highest BCUT2D eigenvalue weighted by Gasteiger charge is 2.23. The van der Waals surface area contributed by atoms with E-state index in [-0.39, 0.29) is 11.8 Å². The Kier molecular flexibility index (Phi) is 7.83. The van der Waals surface area contributed by atoms with Crippen molar-refractivity contribution >= 4 is 34.5 Å². The fraction of sp³-hybridized carbons (Fsp3) is 0.250. The number of amides is 1. The molecule has 1 heterocycles. The number of hydrogen-bond acceptors (Lipinski definition) is 6. The number of benzene rings is 2. The molecule has 0 aliphatic carbocycles. The van der Waals surface area contributed by atoms with Crippen LogP contribution in [-0.4, -0.2) is 16.1 Å². The molecule has 0 radical (unpaired) electrons. The summed E-state index contributed by atoms with van der Waals surface area (Å²) in [6.07, 6.45) is 0. The number of hydrogen-bond donors (Lipinski definition) is 4. The number of aromatic amines is 1. The predicted octanol–water partition coefficient (Wildman–Crippen LogP) is 3.62. The van der Waals surface area contributed by atoms with Crippen LogP contribution in [0.3, 0.4) is 0 Å². The van der Waals surface area contributed by atoms with Crippen molar-refractivity contribution in [1.82, 2.24) is 10.2 Å². The third-order valence-corrected chi connectivity index (χ3v) is 5.52. The van der Waals surface area contributed by atoms with Crippen molar-refractivity contribution in [2.24, 2.45) is 11.5 Å². The highest BCUT2D eigenvalue weighted by molar-refractivity contribution is 9.10. The quantitative estimate of drug-likeness (QED) is 0.425. The van der Waals surface area contributed by atoms with Crippen molar-refractivity contribution in [2.45, 2.75) is 37.6 Å². The van der Waals surface area contributed by atoms with Crippen LogP contribution >= 0.6 is 28.6 Å². The van der Waals surface area contributed by atoms with E-state index < -0.39 is 17.7 Å². The van der Waals surface area contributed by atoms with E-state index >= 15 is 0 Å². The molecule has 2 aromatic carbocycles. The molecule has 1 aromatic heterocycles. The van der Waals surface area contributed by atoms with E-state index in [1.807, 2.05) is 19.1 Å². The maximum atomic E-state index is 10.9. The number of thiol groups is 1. The molecule has 2 unspecified atom stereocenters. The number of nitrogens with two attached hydrogens (primary N) is 2. The van der Waals surface area contributed by atoms with Gasteiger partial charge in [-0.3, -0.25) is 4.79 Å². The Morgan fingerprint density at radius 1 is 1.28 bits per heavy atom. The minimum absolute atomic E-state index is 0.0244. The van der Waals surface area contributed by atoms with Gasteiger partial charge >= 0.3 is 5.76 Å². The topological polar surface area (TPSA) is 128 Å². The van der Waals surface area contributed by atoms with Crippen molar-refractivity contribution in [3.8, 4) is 0 Å². The van der Waals surface area contributed by atoms with E-state index in [0.717, 1.165) is 10.0 Å². The number of nitrogens with one attached hydrogen (secondary N) is 1. The van der Waals surface area contributed by atoms with Gasteiger partial charge in [-0.15, -0.1) is 17.7 Å². The van der Waals surface area contributed by atoms with Gasteiger partial charge < -0.3 is 15.9 Å². The summed E-state index contributed by atoms with van der Waals surface area (Å²) in [5.41, 5.74) is 15.2. The number of nitrogens with zero attached hydrogens (tertiary/aromatic N) is 1. The Morgan fingerprint density at radius 2 is 1.97 bits per heavy atom. The second-order valence-corrected chi connectivity index (χ2v) is 7.98. The normalized spacial score (nSPS) is 12.6. The second kappa shape index (κ2) is 9.91. The molecule has 29 heavy (non-hydrogen) atoms. The summed E-state index contributed by atoms with van der Waals surface area (Å²) in [7, 11) is 0. The van der Waals surface area contributed by atoms with Gasteiger partial charge in [0.15, 0.2) is 0 Å². The lowest BCUT2D eigenvalue weighted by molar-refractivity contribution is 0.0997. The average molecular weight is 479 g/mol. The Morgan fingerprint density at radius 3 is 2.52 bits per heavy atom. The van der Waals surface area contributed by atoms with Gasteiger partial charge in [-0.05, 0) is 48.7 Å². The molecular weight excluding hydrogens is 456 g/mol. The number of aryl methyl sites for hydroxylation is 1. The zero-order valence-electron chi connectivity index (χ0n) is 16.3. The smallest absolute Gasteiger partial charge is 0.391 e. The lowest BCUT2D eigenvalue weighted by Gasteiger charge is -2.20. The van der Waals surface area contributed by atoms with Crippen LogP contribution in [-0.2, 0) is 0 Å². The van der Waals surface area contributed by atoms with Gasteiger partial charge in [0.1, 0.15) is 0 Å². The third-order valence-electron chi connectivity index (χ3n) is 4.64. The van der Waals surface area contributed by atoms with E-state index in [0.29, 0.717) is 10.5 Å². The molecule has 0 bridgehead atoms. The van der Waals surface area contributed by atoms with Crippen molar-refractivity contribution in [3.63, 3.8) is 0 Å². The van der Waals surface area contributed by atoms with Gasteiger partial charge in [-0.2, -0.15) is 0 Å². The van der Waals surface area contributed by atoms with Gasteiger partial charge in [-0.25, -0.2) is 9.89 Å². The van der Waals surface area contributed by atoms with Gasteiger partial charge in [0, 0.05) is 15.3 Å². The number of carbonyl (C=O) groups excluding carboxylic acids is 1. The van der Waals surface area contributed by atoms with E-state index in [1.54, 1.807) is 18.2 Å². The molecule has 9 heteroatoms. The predicted molar refractivity (Wildman–Crippen MR) is 118 cm³/mol. The highest BCUT2D eigenvalue weighted by Crippen LogP contribution is 2.30. The maximum absolute atomic E-state index is 10.9. The first-order chi connectivity index (χ1) is 13.6. The molecule has 2 atom stereocenters. The number of carbonyl (C=O) groups is 1. The molecule has 3 aromatic rings. The van der Waals surface area contributed by atoms with Gasteiger partial charge in [-0.1, -0.05) is 41.1 Å². The van der Waals surface area contributed by atoms with Crippen molar-refractivity contribution < 1.29 is 9.21 Å². The summed E-state index contributed by atoms with van der Waals surface area (Å²) in [6, 6.07) is 10.8. The number of primary amides is 1. The van der Waals surface area contributed by atoms with Crippen molar-refractivity contribution in [1.29, 1.82) is 0 Å². The van der Waals surface area contributed by atoms with Crippen LogP contribution in [0.1, 0.15) is 51.8 Å². The van der Waals surface area contributed by atoms with Crippen molar-refractivity contribution in [2.75, 3.05) is 0 Å². The van der Waals surface area contributed by atoms with Crippen LogP contribution in [0.5, 0.6) is 0 Å². The number of rotatable bonds is 4. The Bertz CT molecular complexity index is 1060. The Labute approximate surface area is 182 Å². The highest BCUT2D eigenvalue weighted by atomic mass is 79.9. The molecule has 154 valence electrons. The number of aromatic nitrogens is 2. The van der Waals surface area contributed by atoms with E-state index in [2.05, 4.69) is 58.7 Å². The van der Waals surface area contributed by atoms with Crippen molar-refractivity contribution in [3.05, 3.63) is 79.6 Å². The minimum atomic E-state index is -0.575. The lowest BCUT2D eigenvalue weighted by Crippen LogP contribution is -2.19. The van der Waals surface area contributed by atoms with Gasteiger partial charge in [0.2, 0.25) is 11.8 Å². The molecular formula is C20H23BrN4O3S. The van der Waals surface area contributed by atoms with Crippen LogP contribution in [0.4, 0.5) is 0 Å².